The minimum absolute atomic E-state index is 0.0428. The number of benzene rings is 2. The van der Waals surface area contributed by atoms with E-state index in [4.69, 9.17) is 5.73 Å². The summed E-state index contributed by atoms with van der Waals surface area (Å²) in [4.78, 5) is 22.6. The largest absolute Gasteiger partial charge is 0.368 e. The Kier molecular flexibility index (Phi) is 5.32. The molecule has 0 heterocycles. The number of hydrogen-bond donors (Lipinski definition) is 3. The molecule has 0 radical (unpaired) electrons. The van der Waals surface area contributed by atoms with E-state index in [-0.39, 0.29) is 10.8 Å². The van der Waals surface area contributed by atoms with Crippen molar-refractivity contribution >= 4 is 27.5 Å². The van der Waals surface area contributed by atoms with Crippen molar-refractivity contribution < 1.29 is 18.0 Å². The number of carbonyl (C=O) groups excluding carboxylic acids is 2. The van der Waals surface area contributed by atoms with E-state index < -0.39 is 22.0 Å². The molecule has 126 valence electrons. The van der Waals surface area contributed by atoms with Crippen molar-refractivity contribution in [3.63, 3.8) is 0 Å². The van der Waals surface area contributed by atoms with Gasteiger partial charge in [0.25, 0.3) is 0 Å². The molecule has 0 aromatic heterocycles. The van der Waals surface area contributed by atoms with E-state index in [1.165, 1.54) is 31.2 Å². The van der Waals surface area contributed by atoms with Crippen LogP contribution in [0.3, 0.4) is 0 Å². The summed E-state index contributed by atoms with van der Waals surface area (Å²) in [5.74, 6) is -1.07. The van der Waals surface area contributed by atoms with Gasteiger partial charge >= 0.3 is 0 Å². The van der Waals surface area contributed by atoms with Gasteiger partial charge in [0.05, 0.1) is 4.90 Å². The lowest BCUT2D eigenvalue weighted by atomic mass is 10.1. The molecule has 2 rings (SSSR count). The monoisotopic (exact) mass is 347 g/mol. The number of anilines is 1. The molecular weight excluding hydrogens is 330 g/mol. The van der Waals surface area contributed by atoms with Crippen LogP contribution in [0.1, 0.15) is 18.5 Å². The van der Waals surface area contributed by atoms with Crippen LogP contribution >= 0.6 is 0 Å². The Morgan fingerprint density at radius 3 is 2.08 bits per heavy atom. The standard InChI is InChI=1S/C16H17N3O4S/c1-11(20)18-13-7-9-14(10-8-13)24(22,23)19-15(16(17)21)12-5-3-2-4-6-12/h2-10,15,19H,1H3,(H2,17,21)(H,18,20)/t15-/m0/s1. The van der Waals surface area contributed by atoms with Crippen molar-refractivity contribution in [1.82, 2.24) is 4.72 Å². The second-order valence-electron chi connectivity index (χ2n) is 5.07. The van der Waals surface area contributed by atoms with Crippen LogP contribution in [0.15, 0.2) is 59.5 Å². The summed E-state index contributed by atoms with van der Waals surface area (Å²) >= 11 is 0. The third-order valence-electron chi connectivity index (χ3n) is 3.18. The number of amides is 2. The van der Waals surface area contributed by atoms with Crippen LogP contribution < -0.4 is 15.8 Å². The first kappa shape index (κ1) is 17.6. The van der Waals surface area contributed by atoms with E-state index in [1.807, 2.05) is 0 Å². The molecule has 24 heavy (non-hydrogen) atoms. The van der Waals surface area contributed by atoms with Crippen LogP contribution in [0.2, 0.25) is 0 Å². The SMILES string of the molecule is CC(=O)Nc1ccc(S(=O)(=O)N[C@H](C(N)=O)c2ccccc2)cc1. The Balaban J connectivity index is 2.26. The fourth-order valence-corrected chi connectivity index (χ4v) is 3.27. The molecule has 0 unspecified atom stereocenters. The predicted octanol–water partition coefficient (Wildman–Crippen LogP) is 1.15. The Hall–Kier alpha value is -2.71. The average molecular weight is 347 g/mol. The van der Waals surface area contributed by atoms with Crippen molar-refractivity contribution in [3.05, 3.63) is 60.2 Å². The van der Waals surface area contributed by atoms with E-state index in [0.717, 1.165) is 0 Å². The molecule has 2 amide bonds. The molecule has 4 N–H and O–H groups in total. The Morgan fingerprint density at radius 1 is 1.00 bits per heavy atom. The second kappa shape index (κ2) is 7.24. The Labute approximate surface area is 139 Å². The van der Waals surface area contributed by atoms with Gasteiger partial charge in [-0.05, 0) is 29.8 Å². The lowest BCUT2D eigenvalue weighted by Gasteiger charge is -2.16. The summed E-state index contributed by atoms with van der Waals surface area (Å²) in [6.07, 6.45) is 0. The molecule has 0 bridgehead atoms. The van der Waals surface area contributed by atoms with E-state index in [0.29, 0.717) is 11.3 Å². The highest BCUT2D eigenvalue weighted by molar-refractivity contribution is 7.89. The zero-order valence-corrected chi connectivity index (χ0v) is 13.7. The fourth-order valence-electron chi connectivity index (χ4n) is 2.08. The number of hydrogen-bond acceptors (Lipinski definition) is 4. The molecule has 0 fully saturated rings. The number of nitrogens with two attached hydrogens (primary N) is 1. The van der Waals surface area contributed by atoms with Gasteiger partial charge in [-0.1, -0.05) is 30.3 Å². The summed E-state index contributed by atoms with van der Waals surface area (Å²) in [5, 5.41) is 2.54. The predicted molar refractivity (Wildman–Crippen MR) is 89.4 cm³/mol. The molecule has 0 aliphatic heterocycles. The minimum Gasteiger partial charge on any atom is -0.368 e. The molecule has 0 aliphatic rings. The zero-order valence-electron chi connectivity index (χ0n) is 12.9. The maximum absolute atomic E-state index is 12.4. The van der Waals surface area contributed by atoms with Gasteiger partial charge in [-0.15, -0.1) is 0 Å². The summed E-state index contributed by atoms with van der Waals surface area (Å²) in [6, 6.07) is 12.7. The molecule has 0 saturated heterocycles. The molecule has 0 saturated carbocycles. The number of sulfonamides is 1. The van der Waals surface area contributed by atoms with Crippen LogP contribution in [-0.2, 0) is 19.6 Å². The molecule has 2 aromatic carbocycles. The van der Waals surface area contributed by atoms with E-state index >= 15 is 0 Å². The van der Waals surface area contributed by atoms with Gasteiger partial charge < -0.3 is 11.1 Å². The first-order chi connectivity index (χ1) is 11.3. The molecule has 0 spiro atoms. The highest BCUT2D eigenvalue weighted by Gasteiger charge is 2.25. The molecule has 7 nitrogen and oxygen atoms in total. The topological polar surface area (TPSA) is 118 Å². The van der Waals surface area contributed by atoms with Gasteiger partial charge in [-0.2, -0.15) is 4.72 Å². The van der Waals surface area contributed by atoms with Crippen molar-refractivity contribution in [1.29, 1.82) is 0 Å². The number of carbonyl (C=O) groups is 2. The smallest absolute Gasteiger partial charge is 0.241 e. The zero-order chi connectivity index (χ0) is 17.7. The Morgan fingerprint density at radius 2 is 1.58 bits per heavy atom. The highest BCUT2D eigenvalue weighted by atomic mass is 32.2. The van der Waals surface area contributed by atoms with E-state index in [2.05, 4.69) is 10.0 Å². The van der Waals surface area contributed by atoms with Crippen LogP contribution in [0.4, 0.5) is 5.69 Å². The first-order valence-corrected chi connectivity index (χ1v) is 8.52. The van der Waals surface area contributed by atoms with Gasteiger partial charge in [-0.3, -0.25) is 9.59 Å². The summed E-state index contributed by atoms with van der Waals surface area (Å²) in [6.45, 7) is 1.35. The maximum atomic E-state index is 12.4. The summed E-state index contributed by atoms with van der Waals surface area (Å²) in [7, 11) is -3.96. The quantitative estimate of drug-likeness (QED) is 0.726. The summed E-state index contributed by atoms with van der Waals surface area (Å²) < 4.78 is 27.2. The molecule has 1 atom stereocenters. The van der Waals surface area contributed by atoms with Crippen LogP contribution in [-0.4, -0.2) is 20.2 Å². The van der Waals surface area contributed by atoms with Crippen LogP contribution in [0.5, 0.6) is 0 Å². The van der Waals surface area contributed by atoms with E-state index in [1.54, 1.807) is 30.3 Å². The maximum Gasteiger partial charge on any atom is 0.241 e. The van der Waals surface area contributed by atoms with Crippen molar-refractivity contribution in [3.8, 4) is 0 Å². The van der Waals surface area contributed by atoms with Gasteiger partial charge in [0.15, 0.2) is 0 Å². The average Bonchev–Trinajstić information content (AvgIpc) is 2.53. The van der Waals surface area contributed by atoms with Crippen molar-refractivity contribution in [2.75, 3.05) is 5.32 Å². The number of rotatable bonds is 6. The second-order valence-corrected chi connectivity index (χ2v) is 6.79. The minimum atomic E-state index is -3.96. The lowest BCUT2D eigenvalue weighted by molar-refractivity contribution is -0.119. The lowest BCUT2D eigenvalue weighted by Crippen LogP contribution is -2.37. The van der Waals surface area contributed by atoms with Crippen LogP contribution in [0, 0.1) is 0 Å². The highest BCUT2D eigenvalue weighted by Crippen LogP contribution is 2.18. The normalized spacial score (nSPS) is 12.4. The third-order valence-corrected chi connectivity index (χ3v) is 4.61. The first-order valence-electron chi connectivity index (χ1n) is 7.04. The van der Waals surface area contributed by atoms with Gasteiger partial charge in [0, 0.05) is 12.6 Å². The van der Waals surface area contributed by atoms with E-state index in [9.17, 15) is 18.0 Å². The van der Waals surface area contributed by atoms with Crippen molar-refractivity contribution in [2.24, 2.45) is 5.73 Å². The number of primary amides is 1. The van der Waals surface area contributed by atoms with Gasteiger partial charge in [-0.25, -0.2) is 8.42 Å². The van der Waals surface area contributed by atoms with Crippen molar-refractivity contribution in [2.45, 2.75) is 17.9 Å². The Bertz CT molecular complexity index is 833. The summed E-state index contributed by atoms with van der Waals surface area (Å²) in [5.41, 5.74) is 6.24. The molecular formula is C16H17N3O4S. The molecule has 2 aromatic rings. The molecule has 8 heteroatoms. The van der Waals surface area contributed by atoms with Crippen LogP contribution in [0.25, 0.3) is 0 Å². The van der Waals surface area contributed by atoms with Gasteiger partial charge in [0.2, 0.25) is 21.8 Å². The molecule has 0 aliphatic carbocycles. The third kappa shape index (κ3) is 4.40. The van der Waals surface area contributed by atoms with Gasteiger partial charge in [0.1, 0.15) is 6.04 Å². The fraction of sp³-hybridized carbons (Fsp3) is 0.125. The number of nitrogens with one attached hydrogen (secondary N) is 2.